The minimum atomic E-state index is 0.639. The molecule has 0 amide bonds. The Kier molecular flexibility index (Phi) is 3.52. The Morgan fingerprint density at radius 2 is 2.15 bits per heavy atom. The Balaban J connectivity index is 2.03. The Bertz CT molecular complexity index is 737. The maximum Gasteiger partial charge on any atom is 0.293 e. The summed E-state index contributed by atoms with van der Waals surface area (Å²) in [5, 5.41) is 3.97. The molecule has 3 rings (SSSR count). The Labute approximate surface area is 121 Å². The molecule has 0 radical (unpaired) electrons. The van der Waals surface area contributed by atoms with Crippen LogP contribution in [0.15, 0.2) is 36.9 Å². The third-order valence-electron chi connectivity index (χ3n) is 3.10. The number of benzene rings is 1. The summed E-state index contributed by atoms with van der Waals surface area (Å²) in [7, 11) is 0. The van der Waals surface area contributed by atoms with Gasteiger partial charge in [-0.25, -0.2) is 4.57 Å². The van der Waals surface area contributed by atoms with Gasteiger partial charge < -0.3 is 10.3 Å². The predicted octanol–water partition coefficient (Wildman–Crippen LogP) is 2.38. The van der Waals surface area contributed by atoms with E-state index in [2.05, 4.69) is 20.3 Å². The number of anilines is 1. The van der Waals surface area contributed by atoms with E-state index < -0.39 is 0 Å². The van der Waals surface area contributed by atoms with Gasteiger partial charge in [-0.15, -0.1) is 0 Å². The van der Waals surface area contributed by atoms with E-state index in [0.29, 0.717) is 6.54 Å². The van der Waals surface area contributed by atoms with Crippen LogP contribution in [0.2, 0.25) is 5.02 Å². The summed E-state index contributed by atoms with van der Waals surface area (Å²) in [6.07, 6.45) is 3.46. The number of halogens is 1. The smallest absolute Gasteiger partial charge is 0.293 e. The van der Waals surface area contributed by atoms with Gasteiger partial charge in [-0.2, -0.15) is 0 Å². The zero-order valence-corrected chi connectivity index (χ0v) is 11.9. The topological polar surface area (TPSA) is 57.5 Å². The quantitative estimate of drug-likeness (QED) is 0.725. The molecule has 0 aliphatic heterocycles. The lowest BCUT2D eigenvalue weighted by atomic mass is 10.2. The van der Waals surface area contributed by atoms with Gasteiger partial charge in [0, 0.05) is 17.1 Å². The van der Waals surface area contributed by atoms with E-state index >= 15 is 0 Å². The number of nitrogens with one attached hydrogen (secondary N) is 2. The number of rotatable bonds is 4. The molecule has 102 valence electrons. The lowest BCUT2D eigenvalue weighted by Crippen LogP contribution is -2.36. The third kappa shape index (κ3) is 2.32. The predicted molar refractivity (Wildman–Crippen MR) is 78.8 cm³/mol. The second kappa shape index (κ2) is 5.46. The van der Waals surface area contributed by atoms with Crippen molar-refractivity contribution in [1.82, 2.24) is 15.0 Å². The van der Waals surface area contributed by atoms with Crippen molar-refractivity contribution in [1.29, 1.82) is 0 Å². The molecule has 0 aliphatic rings. The molecule has 1 aromatic carbocycles. The van der Waals surface area contributed by atoms with Crippen molar-refractivity contribution in [3.63, 3.8) is 0 Å². The number of H-pyrrole nitrogens is 1. The third-order valence-corrected chi connectivity index (χ3v) is 3.47. The molecule has 3 aromatic rings. The highest BCUT2D eigenvalue weighted by Gasteiger charge is 2.16. The van der Waals surface area contributed by atoms with Gasteiger partial charge >= 0.3 is 0 Å². The fourth-order valence-corrected chi connectivity index (χ4v) is 2.35. The van der Waals surface area contributed by atoms with Crippen LogP contribution in [0.25, 0.3) is 11.2 Å². The molecule has 0 spiro atoms. The number of aromatic amines is 1. The Morgan fingerprint density at radius 1 is 1.30 bits per heavy atom. The molecule has 0 aliphatic carbocycles. The van der Waals surface area contributed by atoms with Gasteiger partial charge in [-0.3, -0.25) is 0 Å². The molecular weight excluding hydrogens is 274 g/mol. The zero-order chi connectivity index (χ0) is 13.9. The highest BCUT2D eigenvalue weighted by Crippen LogP contribution is 2.17. The second-order valence-electron chi connectivity index (χ2n) is 4.44. The van der Waals surface area contributed by atoms with Crippen LogP contribution in [0, 0.1) is 0 Å². The van der Waals surface area contributed by atoms with Gasteiger partial charge in [0.05, 0.1) is 6.54 Å². The van der Waals surface area contributed by atoms with Crippen LogP contribution in [0.5, 0.6) is 0 Å². The first-order chi connectivity index (χ1) is 9.79. The zero-order valence-electron chi connectivity index (χ0n) is 11.1. The van der Waals surface area contributed by atoms with E-state index in [4.69, 9.17) is 11.6 Å². The number of imidazole rings is 1. The monoisotopic (exact) mass is 288 g/mol. The fourth-order valence-electron chi connectivity index (χ4n) is 2.15. The molecule has 0 saturated heterocycles. The summed E-state index contributed by atoms with van der Waals surface area (Å²) < 4.78 is 1.98. The van der Waals surface area contributed by atoms with Gasteiger partial charge in [-0.05, 0) is 13.0 Å². The van der Waals surface area contributed by atoms with Gasteiger partial charge in [0.15, 0.2) is 11.8 Å². The summed E-state index contributed by atoms with van der Waals surface area (Å²) >= 11 is 6.21. The van der Waals surface area contributed by atoms with E-state index in [1.165, 1.54) is 0 Å². The van der Waals surface area contributed by atoms with Gasteiger partial charge in [0.1, 0.15) is 0 Å². The average Bonchev–Trinajstić information content (AvgIpc) is 2.94. The number of nitrogens with zero attached hydrogens (tertiary/aromatic N) is 3. The van der Waals surface area contributed by atoms with Crippen molar-refractivity contribution in [2.45, 2.75) is 13.5 Å². The largest absolute Gasteiger partial charge is 0.355 e. The maximum atomic E-state index is 6.21. The van der Waals surface area contributed by atoms with E-state index in [0.717, 1.165) is 34.1 Å². The van der Waals surface area contributed by atoms with Crippen molar-refractivity contribution < 1.29 is 4.57 Å². The highest BCUT2D eigenvalue weighted by atomic mass is 35.5. The summed E-state index contributed by atoms with van der Waals surface area (Å²) in [6.45, 7) is 3.49. The Morgan fingerprint density at radius 3 is 2.95 bits per heavy atom. The second-order valence-corrected chi connectivity index (χ2v) is 4.85. The number of hydrogen-bond donors (Lipinski definition) is 2. The summed E-state index contributed by atoms with van der Waals surface area (Å²) in [6, 6.07) is 7.79. The van der Waals surface area contributed by atoms with E-state index in [1.807, 2.05) is 35.8 Å². The lowest BCUT2D eigenvalue weighted by Gasteiger charge is -2.05. The summed E-state index contributed by atoms with van der Waals surface area (Å²) in [5.74, 6) is 0.815. The molecule has 2 heterocycles. The number of aromatic nitrogens is 4. The molecule has 5 nitrogen and oxygen atoms in total. The molecule has 0 unspecified atom stereocenters. The van der Waals surface area contributed by atoms with E-state index in [9.17, 15) is 0 Å². The molecule has 0 bridgehead atoms. The van der Waals surface area contributed by atoms with Crippen molar-refractivity contribution in [2.24, 2.45) is 0 Å². The van der Waals surface area contributed by atoms with E-state index in [1.54, 1.807) is 12.7 Å². The maximum absolute atomic E-state index is 6.21. The minimum absolute atomic E-state index is 0.639. The lowest BCUT2D eigenvalue weighted by molar-refractivity contribution is -0.667. The van der Waals surface area contributed by atoms with Crippen molar-refractivity contribution >= 4 is 28.6 Å². The van der Waals surface area contributed by atoms with Crippen LogP contribution < -0.4 is 9.88 Å². The standard InChI is InChI=1S/C14H14ClN5/c1-2-16-13-12-14(18-8-17-12)20(9-19-13)7-10-5-3-4-6-11(10)15/h3-6,8-9H,2,7H2,1H3,(H,16,17,18)/p+1. The van der Waals surface area contributed by atoms with Crippen LogP contribution in [0.4, 0.5) is 5.82 Å². The molecule has 2 aromatic heterocycles. The SMILES string of the molecule is CCNc1nc[n+](Cc2ccccc2Cl)c2nc[nH]c12. The molecule has 0 fully saturated rings. The van der Waals surface area contributed by atoms with Crippen LogP contribution in [-0.2, 0) is 6.54 Å². The van der Waals surface area contributed by atoms with Crippen LogP contribution in [0.3, 0.4) is 0 Å². The summed E-state index contributed by atoms with van der Waals surface area (Å²) in [4.78, 5) is 11.9. The first-order valence-corrected chi connectivity index (χ1v) is 6.86. The number of fused-ring (bicyclic) bond motifs is 1. The highest BCUT2D eigenvalue weighted by molar-refractivity contribution is 6.31. The molecule has 2 N–H and O–H groups in total. The van der Waals surface area contributed by atoms with Crippen LogP contribution in [0.1, 0.15) is 12.5 Å². The van der Waals surface area contributed by atoms with Crippen molar-refractivity contribution in [2.75, 3.05) is 11.9 Å². The molecule has 0 saturated carbocycles. The van der Waals surface area contributed by atoms with Gasteiger partial charge in [0.2, 0.25) is 12.1 Å². The van der Waals surface area contributed by atoms with Crippen molar-refractivity contribution in [3.05, 3.63) is 47.5 Å². The fraction of sp³-hybridized carbons (Fsp3) is 0.214. The van der Waals surface area contributed by atoms with Gasteiger partial charge in [-0.1, -0.05) is 39.8 Å². The van der Waals surface area contributed by atoms with Crippen LogP contribution in [-0.4, -0.2) is 21.5 Å². The summed E-state index contributed by atoms with van der Waals surface area (Å²) in [5.41, 5.74) is 2.80. The minimum Gasteiger partial charge on any atom is -0.355 e. The molecule has 6 heteroatoms. The van der Waals surface area contributed by atoms with Gasteiger partial charge in [0.25, 0.3) is 5.65 Å². The molecule has 0 atom stereocenters. The van der Waals surface area contributed by atoms with Crippen molar-refractivity contribution in [3.8, 4) is 0 Å². The Hall–Kier alpha value is -2.14. The van der Waals surface area contributed by atoms with Crippen LogP contribution >= 0.6 is 11.6 Å². The number of hydrogen-bond acceptors (Lipinski definition) is 3. The first kappa shape index (κ1) is 12.9. The normalized spacial score (nSPS) is 10.9. The molecular formula is C14H15ClN5+. The molecule has 20 heavy (non-hydrogen) atoms. The average molecular weight is 289 g/mol. The van der Waals surface area contributed by atoms with E-state index in [-0.39, 0.29) is 0 Å². The first-order valence-electron chi connectivity index (χ1n) is 6.48.